The molecule has 0 saturated carbocycles. The SMILES string of the molecule is CN=C(NCCc1ccco1)NCc1ccc(OC(C)C)nc1.I. The first-order valence-corrected chi connectivity index (χ1v) is 7.76. The average molecular weight is 444 g/mol. The van der Waals surface area contributed by atoms with Crippen molar-refractivity contribution in [2.45, 2.75) is 32.9 Å². The molecule has 7 heteroatoms. The van der Waals surface area contributed by atoms with Gasteiger partial charge in [0.05, 0.1) is 12.4 Å². The van der Waals surface area contributed by atoms with Crippen LogP contribution in [0.15, 0.2) is 46.1 Å². The molecule has 2 aromatic heterocycles. The van der Waals surface area contributed by atoms with Gasteiger partial charge in [0.25, 0.3) is 0 Å². The third-order valence-corrected chi connectivity index (χ3v) is 3.08. The van der Waals surface area contributed by atoms with Gasteiger partial charge >= 0.3 is 0 Å². The number of nitrogens with one attached hydrogen (secondary N) is 2. The Kier molecular flexibility index (Phi) is 9.21. The van der Waals surface area contributed by atoms with Crippen LogP contribution in [0.4, 0.5) is 0 Å². The van der Waals surface area contributed by atoms with E-state index < -0.39 is 0 Å². The molecule has 0 bridgehead atoms. The Hall–Kier alpha value is -1.77. The van der Waals surface area contributed by atoms with Gasteiger partial charge in [0.2, 0.25) is 5.88 Å². The normalized spacial score (nSPS) is 11.1. The first kappa shape index (κ1) is 20.3. The van der Waals surface area contributed by atoms with Crippen LogP contribution < -0.4 is 15.4 Å². The van der Waals surface area contributed by atoms with Crippen molar-refractivity contribution in [1.82, 2.24) is 15.6 Å². The highest BCUT2D eigenvalue weighted by molar-refractivity contribution is 14.0. The number of furan rings is 1. The highest BCUT2D eigenvalue weighted by Crippen LogP contribution is 2.09. The fourth-order valence-electron chi connectivity index (χ4n) is 1.99. The van der Waals surface area contributed by atoms with E-state index in [-0.39, 0.29) is 30.1 Å². The maximum atomic E-state index is 5.53. The van der Waals surface area contributed by atoms with Crippen molar-refractivity contribution in [3.8, 4) is 5.88 Å². The second-order valence-electron chi connectivity index (χ2n) is 5.35. The third-order valence-electron chi connectivity index (χ3n) is 3.08. The van der Waals surface area contributed by atoms with Crippen molar-refractivity contribution < 1.29 is 9.15 Å². The standard InChI is InChI=1S/C17H24N4O2.HI/c1-13(2)23-16-7-6-14(11-20-16)12-21-17(18-3)19-9-8-15-5-4-10-22-15;/h4-7,10-11,13H,8-9,12H2,1-3H3,(H2,18,19,21);1H. The number of hydrogen-bond acceptors (Lipinski definition) is 4. The molecule has 0 aliphatic carbocycles. The number of pyridine rings is 1. The van der Waals surface area contributed by atoms with Crippen molar-refractivity contribution in [3.63, 3.8) is 0 Å². The fraction of sp³-hybridized carbons (Fsp3) is 0.412. The van der Waals surface area contributed by atoms with Gasteiger partial charge in [-0.15, -0.1) is 24.0 Å². The zero-order valence-corrected chi connectivity index (χ0v) is 16.6. The van der Waals surface area contributed by atoms with Gasteiger partial charge < -0.3 is 19.8 Å². The van der Waals surface area contributed by atoms with E-state index in [1.165, 1.54) is 0 Å². The summed E-state index contributed by atoms with van der Waals surface area (Å²) in [5.74, 6) is 2.35. The molecule has 2 aromatic rings. The lowest BCUT2D eigenvalue weighted by Crippen LogP contribution is -2.37. The molecule has 0 spiro atoms. The number of aromatic nitrogens is 1. The molecular weight excluding hydrogens is 419 g/mol. The summed E-state index contributed by atoms with van der Waals surface area (Å²) in [6.45, 7) is 5.37. The number of aliphatic imine (C=N–C) groups is 1. The first-order valence-electron chi connectivity index (χ1n) is 7.76. The lowest BCUT2D eigenvalue weighted by atomic mass is 10.3. The maximum absolute atomic E-state index is 5.53. The Morgan fingerprint density at radius 1 is 1.29 bits per heavy atom. The summed E-state index contributed by atoms with van der Waals surface area (Å²) in [7, 11) is 1.75. The predicted molar refractivity (Wildman–Crippen MR) is 106 cm³/mol. The highest BCUT2D eigenvalue weighted by Gasteiger charge is 2.02. The molecule has 0 aliphatic rings. The molecule has 132 valence electrons. The van der Waals surface area contributed by atoms with Crippen molar-refractivity contribution in [1.29, 1.82) is 0 Å². The first-order chi connectivity index (χ1) is 11.2. The van der Waals surface area contributed by atoms with Crippen molar-refractivity contribution >= 4 is 29.9 Å². The lowest BCUT2D eigenvalue weighted by Gasteiger charge is -2.12. The zero-order chi connectivity index (χ0) is 16.5. The molecule has 0 fully saturated rings. The van der Waals surface area contributed by atoms with Gasteiger partial charge in [-0.3, -0.25) is 4.99 Å². The molecular formula is C17H25IN4O2. The van der Waals surface area contributed by atoms with E-state index in [9.17, 15) is 0 Å². The quantitative estimate of drug-likeness (QED) is 0.391. The number of ether oxygens (including phenoxy) is 1. The predicted octanol–water partition coefficient (Wildman–Crippen LogP) is 2.99. The Morgan fingerprint density at radius 2 is 2.12 bits per heavy atom. The summed E-state index contributed by atoms with van der Waals surface area (Å²) < 4.78 is 10.8. The summed E-state index contributed by atoms with van der Waals surface area (Å²) in [5, 5.41) is 6.50. The van der Waals surface area contributed by atoms with E-state index in [1.54, 1.807) is 19.5 Å². The van der Waals surface area contributed by atoms with Gasteiger partial charge in [-0.2, -0.15) is 0 Å². The number of halogens is 1. The fourth-order valence-corrected chi connectivity index (χ4v) is 1.99. The maximum Gasteiger partial charge on any atom is 0.213 e. The van der Waals surface area contributed by atoms with E-state index in [0.717, 1.165) is 30.2 Å². The smallest absolute Gasteiger partial charge is 0.213 e. The molecule has 6 nitrogen and oxygen atoms in total. The van der Waals surface area contributed by atoms with E-state index in [4.69, 9.17) is 9.15 Å². The van der Waals surface area contributed by atoms with Crippen LogP contribution in [0.1, 0.15) is 25.2 Å². The summed E-state index contributed by atoms with van der Waals surface area (Å²) in [6.07, 6.45) is 4.43. The summed E-state index contributed by atoms with van der Waals surface area (Å²) >= 11 is 0. The minimum absolute atomic E-state index is 0. The second-order valence-corrected chi connectivity index (χ2v) is 5.35. The largest absolute Gasteiger partial charge is 0.475 e. The molecule has 0 unspecified atom stereocenters. The Labute approximate surface area is 160 Å². The van der Waals surface area contributed by atoms with E-state index in [2.05, 4.69) is 20.6 Å². The molecule has 24 heavy (non-hydrogen) atoms. The van der Waals surface area contributed by atoms with Gasteiger partial charge in [0.1, 0.15) is 5.76 Å². The van der Waals surface area contributed by atoms with Gasteiger partial charge in [0, 0.05) is 38.8 Å². The van der Waals surface area contributed by atoms with Crippen LogP contribution in [-0.2, 0) is 13.0 Å². The Balaban J connectivity index is 0.00000288. The molecule has 0 radical (unpaired) electrons. The molecule has 0 saturated heterocycles. The van der Waals surface area contributed by atoms with Crippen LogP contribution in [0.3, 0.4) is 0 Å². The Morgan fingerprint density at radius 3 is 2.71 bits per heavy atom. The van der Waals surface area contributed by atoms with Crippen molar-refractivity contribution in [2.75, 3.05) is 13.6 Å². The summed E-state index contributed by atoms with van der Waals surface area (Å²) in [5.41, 5.74) is 1.06. The molecule has 2 N–H and O–H groups in total. The van der Waals surface area contributed by atoms with Crippen LogP contribution in [-0.4, -0.2) is 30.6 Å². The number of guanidine groups is 1. The lowest BCUT2D eigenvalue weighted by molar-refractivity contribution is 0.232. The van der Waals surface area contributed by atoms with E-state index >= 15 is 0 Å². The monoisotopic (exact) mass is 444 g/mol. The van der Waals surface area contributed by atoms with Crippen LogP contribution in [0.2, 0.25) is 0 Å². The number of hydrogen-bond donors (Lipinski definition) is 2. The zero-order valence-electron chi connectivity index (χ0n) is 14.3. The van der Waals surface area contributed by atoms with E-state index in [0.29, 0.717) is 12.4 Å². The average Bonchev–Trinajstić information content (AvgIpc) is 3.05. The van der Waals surface area contributed by atoms with Crippen molar-refractivity contribution in [2.24, 2.45) is 4.99 Å². The molecule has 0 amide bonds. The minimum atomic E-state index is 0. The highest BCUT2D eigenvalue weighted by atomic mass is 127. The molecule has 2 rings (SSSR count). The minimum Gasteiger partial charge on any atom is -0.475 e. The second kappa shape index (κ2) is 10.9. The van der Waals surface area contributed by atoms with Crippen molar-refractivity contribution in [3.05, 3.63) is 48.0 Å². The summed E-state index contributed by atoms with van der Waals surface area (Å²) in [4.78, 5) is 8.48. The third kappa shape index (κ3) is 7.20. The van der Waals surface area contributed by atoms with Gasteiger partial charge in [0.15, 0.2) is 5.96 Å². The molecule has 0 atom stereocenters. The molecule has 0 aliphatic heterocycles. The van der Waals surface area contributed by atoms with E-state index in [1.807, 2.05) is 38.1 Å². The van der Waals surface area contributed by atoms with Crippen LogP contribution in [0, 0.1) is 0 Å². The van der Waals surface area contributed by atoms with Gasteiger partial charge in [-0.1, -0.05) is 6.07 Å². The van der Waals surface area contributed by atoms with Crippen LogP contribution in [0.5, 0.6) is 5.88 Å². The van der Waals surface area contributed by atoms with Crippen LogP contribution in [0.25, 0.3) is 0 Å². The molecule has 2 heterocycles. The Bertz CT molecular complexity index is 598. The van der Waals surface area contributed by atoms with Gasteiger partial charge in [-0.25, -0.2) is 4.98 Å². The van der Waals surface area contributed by atoms with Gasteiger partial charge in [-0.05, 0) is 31.5 Å². The summed E-state index contributed by atoms with van der Waals surface area (Å²) in [6, 6.07) is 7.73. The number of rotatable bonds is 7. The molecule has 0 aromatic carbocycles. The van der Waals surface area contributed by atoms with Crippen LogP contribution >= 0.6 is 24.0 Å². The topological polar surface area (TPSA) is 71.7 Å². The number of nitrogens with zero attached hydrogens (tertiary/aromatic N) is 2.